The van der Waals surface area contributed by atoms with E-state index in [0.29, 0.717) is 19.4 Å². The van der Waals surface area contributed by atoms with Crippen molar-refractivity contribution in [2.45, 2.75) is 82.6 Å². The van der Waals surface area contributed by atoms with E-state index in [2.05, 4.69) is 0 Å². The van der Waals surface area contributed by atoms with Gasteiger partial charge in [-0.1, -0.05) is 0 Å². The number of phosphoric acid groups is 1. The fourth-order valence-electron chi connectivity index (χ4n) is 3.21. The van der Waals surface area contributed by atoms with Crippen molar-refractivity contribution in [2.75, 3.05) is 26.4 Å². The molecule has 0 bridgehead atoms. The van der Waals surface area contributed by atoms with Crippen LogP contribution in [0, 0.1) is 11.3 Å². The van der Waals surface area contributed by atoms with E-state index in [1.165, 1.54) is 0 Å². The maximum atomic E-state index is 13.3. The Morgan fingerprint density at radius 1 is 1.10 bits per heavy atom. The minimum atomic E-state index is -4.05. The molecule has 2 saturated heterocycles. The van der Waals surface area contributed by atoms with Crippen molar-refractivity contribution < 1.29 is 37.1 Å². The molecule has 4 radical (unpaired) electrons. The predicted molar refractivity (Wildman–Crippen MR) is 109 cm³/mol. The first kappa shape index (κ1) is 25.8. The molecule has 0 saturated carbocycles. The van der Waals surface area contributed by atoms with Gasteiger partial charge in [-0.15, -0.1) is 0 Å². The van der Waals surface area contributed by atoms with Gasteiger partial charge < -0.3 is 18.9 Å². The molecule has 12 heteroatoms. The average molecular weight is 441 g/mol. The summed E-state index contributed by atoms with van der Waals surface area (Å²) in [6.07, 6.45) is -1.15. The van der Waals surface area contributed by atoms with Crippen LogP contribution in [0.25, 0.3) is 0 Å². The second kappa shape index (κ2) is 12.6. The van der Waals surface area contributed by atoms with Crippen molar-refractivity contribution in [3.8, 4) is 6.07 Å². The number of phosphoric ester groups is 1. The van der Waals surface area contributed by atoms with Gasteiger partial charge in [-0.25, -0.2) is 4.57 Å². The molecule has 0 aromatic rings. The Balaban J connectivity index is 2.02. The minimum Gasteiger partial charge on any atom is -0.380 e. The van der Waals surface area contributed by atoms with Crippen molar-refractivity contribution in [1.29, 1.82) is 5.26 Å². The zero-order valence-electron chi connectivity index (χ0n) is 17.8. The maximum absolute atomic E-state index is 13.3. The van der Waals surface area contributed by atoms with Gasteiger partial charge in [-0.2, -0.15) is 5.26 Å². The summed E-state index contributed by atoms with van der Waals surface area (Å²) in [5.41, 5.74) is 0. The van der Waals surface area contributed by atoms with Crippen molar-refractivity contribution in [3.63, 3.8) is 0 Å². The fraction of sp³-hybridized carbons (Fsp3) is 0.944. The molecule has 2 fully saturated rings. The van der Waals surface area contributed by atoms with Crippen LogP contribution in [0.1, 0.15) is 40.0 Å². The van der Waals surface area contributed by atoms with Gasteiger partial charge in [0.2, 0.25) is 0 Å². The van der Waals surface area contributed by atoms with Gasteiger partial charge in [-0.3, -0.25) is 13.6 Å². The summed E-state index contributed by atoms with van der Waals surface area (Å²) in [6.45, 7) is 6.15. The normalized spacial score (nSPS) is 33.6. The quantitative estimate of drug-likeness (QED) is 0.241. The summed E-state index contributed by atoms with van der Waals surface area (Å²) >= 11 is 0. The van der Waals surface area contributed by atoms with E-state index in [1.807, 2.05) is 26.8 Å². The molecular formula is C18H30B2NO8P. The molecule has 0 aliphatic carbocycles. The Bertz CT molecular complexity index is 607. The van der Waals surface area contributed by atoms with E-state index in [-0.39, 0.29) is 38.4 Å². The highest BCUT2D eigenvalue weighted by molar-refractivity contribution is 7.48. The highest BCUT2D eigenvalue weighted by Crippen LogP contribution is 2.53. The number of rotatable bonds is 13. The molecule has 9 nitrogen and oxygen atoms in total. The van der Waals surface area contributed by atoms with Crippen LogP contribution in [0.4, 0.5) is 0 Å². The third-order valence-corrected chi connectivity index (χ3v) is 6.05. The molecule has 7 unspecified atom stereocenters. The summed E-state index contributed by atoms with van der Waals surface area (Å²) in [5.74, 6) is 0. The lowest BCUT2D eigenvalue weighted by Crippen LogP contribution is -2.32. The Morgan fingerprint density at radius 3 is 2.33 bits per heavy atom. The SMILES string of the molecule is [B]C1CC(OCC)C(COP(=O)(OCCC#N)OC2CC([B])OC2COC(C)C)O1. The second-order valence-corrected chi connectivity index (χ2v) is 9.02. The minimum absolute atomic E-state index is 0.0137. The smallest absolute Gasteiger partial charge is 0.380 e. The van der Waals surface area contributed by atoms with Crippen LogP contribution in [0.15, 0.2) is 0 Å². The van der Waals surface area contributed by atoms with Crippen LogP contribution in [-0.2, 0) is 37.1 Å². The summed E-state index contributed by atoms with van der Waals surface area (Å²) in [5, 5.41) is 8.77. The maximum Gasteiger partial charge on any atom is 0.475 e. The molecule has 2 heterocycles. The van der Waals surface area contributed by atoms with E-state index in [9.17, 15) is 4.57 Å². The Morgan fingerprint density at radius 2 is 1.73 bits per heavy atom. The molecule has 2 aliphatic rings. The first-order chi connectivity index (χ1) is 14.3. The Kier molecular flexibility index (Phi) is 10.8. The van der Waals surface area contributed by atoms with Crippen molar-refractivity contribution >= 4 is 23.5 Å². The van der Waals surface area contributed by atoms with Crippen LogP contribution in [0.2, 0.25) is 0 Å². The molecule has 2 aliphatic heterocycles. The number of nitriles is 1. The Labute approximate surface area is 181 Å². The van der Waals surface area contributed by atoms with Gasteiger partial charge >= 0.3 is 7.82 Å². The van der Waals surface area contributed by atoms with E-state index in [0.717, 1.165) is 0 Å². The lowest BCUT2D eigenvalue weighted by Gasteiger charge is -2.26. The fourth-order valence-corrected chi connectivity index (χ4v) is 4.60. The highest BCUT2D eigenvalue weighted by atomic mass is 31.2. The molecular weight excluding hydrogens is 411 g/mol. The van der Waals surface area contributed by atoms with E-state index in [1.54, 1.807) is 0 Å². The second-order valence-electron chi connectivity index (χ2n) is 7.40. The number of ether oxygens (including phenoxy) is 4. The van der Waals surface area contributed by atoms with Gasteiger partial charge in [0.15, 0.2) is 0 Å². The molecule has 0 N–H and O–H groups in total. The summed E-state index contributed by atoms with van der Waals surface area (Å²) in [4.78, 5) is 0. The van der Waals surface area contributed by atoms with Crippen LogP contribution in [0.5, 0.6) is 0 Å². The predicted octanol–water partition coefficient (Wildman–Crippen LogP) is 1.82. The van der Waals surface area contributed by atoms with Gasteiger partial charge in [0.05, 0.1) is 50.6 Å². The van der Waals surface area contributed by atoms with Crippen molar-refractivity contribution in [2.24, 2.45) is 0 Å². The molecule has 0 spiro atoms. The van der Waals surface area contributed by atoms with E-state index >= 15 is 0 Å². The molecule has 0 aromatic carbocycles. The van der Waals surface area contributed by atoms with E-state index < -0.39 is 38.1 Å². The molecule has 7 atom stereocenters. The van der Waals surface area contributed by atoms with Gasteiger partial charge in [-0.05, 0) is 33.6 Å². The third-order valence-electron chi connectivity index (χ3n) is 4.56. The third kappa shape index (κ3) is 8.25. The number of hydrogen-bond acceptors (Lipinski definition) is 9. The van der Waals surface area contributed by atoms with Crippen LogP contribution >= 0.6 is 7.82 Å². The molecule has 0 aromatic heterocycles. The molecule has 0 amide bonds. The van der Waals surface area contributed by atoms with E-state index in [4.69, 9.17) is 53.5 Å². The summed E-state index contributed by atoms with van der Waals surface area (Å²) in [7, 11) is 7.67. The lowest BCUT2D eigenvalue weighted by molar-refractivity contribution is -0.0574. The zero-order chi connectivity index (χ0) is 22.1. The van der Waals surface area contributed by atoms with Gasteiger partial charge in [0.25, 0.3) is 0 Å². The van der Waals surface area contributed by atoms with Crippen LogP contribution < -0.4 is 0 Å². The number of hydrogen-bond donors (Lipinski definition) is 0. The Hall–Kier alpha value is -0.430. The lowest BCUT2D eigenvalue weighted by atomic mass is 9.96. The first-order valence-electron chi connectivity index (χ1n) is 10.3. The topological polar surface area (TPSA) is 105 Å². The molecule has 166 valence electrons. The van der Waals surface area contributed by atoms with Crippen LogP contribution in [0.3, 0.4) is 0 Å². The number of nitrogens with zero attached hydrogens (tertiary/aromatic N) is 1. The zero-order valence-corrected chi connectivity index (χ0v) is 18.7. The largest absolute Gasteiger partial charge is 0.475 e. The van der Waals surface area contributed by atoms with Crippen molar-refractivity contribution in [1.82, 2.24) is 0 Å². The first-order valence-corrected chi connectivity index (χ1v) is 11.7. The van der Waals surface area contributed by atoms with Crippen molar-refractivity contribution in [3.05, 3.63) is 0 Å². The van der Waals surface area contributed by atoms with Gasteiger partial charge in [0.1, 0.15) is 27.9 Å². The summed E-state index contributed by atoms with van der Waals surface area (Å²) in [6, 6.07) is 0.853. The average Bonchev–Trinajstić information content (AvgIpc) is 3.20. The van der Waals surface area contributed by atoms with Crippen LogP contribution in [-0.4, -0.2) is 84.6 Å². The monoisotopic (exact) mass is 441 g/mol. The van der Waals surface area contributed by atoms with Gasteiger partial charge in [0, 0.05) is 18.6 Å². The molecule has 2 rings (SSSR count). The molecule has 30 heavy (non-hydrogen) atoms. The summed E-state index contributed by atoms with van der Waals surface area (Å²) < 4.78 is 52.4. The standard InChI is InChI=1S/C18H30B2NO8P/c1-4-23-13-8-17(19)28-16(13)11-26-30(22,25-7-5-6-21)29-14-9-18(20)27-15(14)10-24-12(2)3/h12-18H,4-5,7-11H2,1-3H3. The highest BCUT2D eigenvalue weighted by Gasteiger charge is 2.42.